The van der Waals surface area contributed by atoms with Gasteiger partial charge in [-0.1, -0.05) is 24.3 Å². The number of fused-ring (bicyclic) bond motifs is 1. The lowest BCUT2D eigenvalue weighted by Gasteiger charge is -2.25. The van der Waals surface area contributed by atoms with Crippen molar-refractivity contribution in [1.29, 1.82) is 0 Å². The van der Waals surface area contributed by atoms with E-state index in [4.69, 9.17) is 4.74 Å². The van der Waals surface area contributed by atoms with Crippen molar-refractivity contribution in [1.82, 2.24) is 25.6 Å². The van der Waals surface area contributed by atoms with Gasteiger partial charge in [0.15, 0.2) is 0 Å². The Morgan fingerprint density at radius 1 is 1.36 bits per heavy atom. The summed E-state index contributed by atoms with van der Waals surface area (Å²) in [5, 5.41) is 13.6. The normalized spacial score (nSPS) is 16.9. The van der Waals surface area contributed by atoms with Crippen LogP contribution in [0, 0.1) is 0 Å². The van der Waals surface area contributed by atoms with E-state index < -0.39 is 0 Å². The van der Waals surface area contributed by atoms with Crippen LogP contribution in [0.15, 0.2) is 30.5 Å². The number of hydrogen-bond donors (Lipinski definition) is 2. The van der Waals surface area contributed by atoms with Gasteiger partial charge in [-0.2, -0.15) is 15.0 Å². The molecule has 116 valence electrons. The van der Waals surface area contributed by atoms with Crippen LogP contribution in [0.5, 0.6) is 0 Å². The van der Waals surface area contributed by atoms with Crippen molar-refractivity contribution in [3.63, 3.8) is 0 Å². The molecular formula is C15H19N5O2. The molecule has 0 spiro atoms. The number of carbonyl (C=O) groups excluding carboxylic acids is 1. The van der Waals surface area contributed by atoms with Gasteiger partial charge in [-0.15, -0.1) is 0 Å². The van der Waals surface area contributed by atoms with Gasteiger partial charge in [-0.3, -0.25) is 0 Å². The fourth-order valence-electron chi connectivity index (χ4n) is 2.45. The molecule has 2 aromatic rings. The second-order valence-electron chi connectivity index (χ2n) is 5.29. The van der Waals surface area contributed by atoms with Crippen molar-refractivity contribution >= 4 is 6.03 Å². The van der Waals surface area contributed by atoms with E-state index in [1.54, 1.807) is 13.2 Å². The molecular weight excluding hydrogens is 282 g/mol. The van der Waals surface area contributed by atoms with Crippen LogP contribution >= 0.6 is 0 Å². The summed E-state index contributed by atoms with van der Waals surface area (Å²) in [4.78, 5) is 13.2. The summed E-state index contributed by atoms with van der Waals surface area (Å²) in [5.41, 5.74) is 3.24. The number of rotatable bonds is 4. The first kappa shape index (κ1) is 14.5. The van der Waals surface area contributed by atoms with Crippen LogP contribution in [0.4, 0.5) is 4.79 Å². The predicted octanol–water partition coefficient (Wildman–Crippen LogP) is 0.756. The van der Waals surface area contributed by atoms with E-state index in [2.05, 4.69) is 33.0 Å². The van der Waals surface area contributed by atoms with E-state index in [0.717, 1.165) is 12.1 Å². The molecule has 0 aliphatic carbocycles. The van der Waals surface area contributed by atoms with E-state index in [9.17, 15) is 4.79 Å². The fraction of sp³-hybridized carbons (Fsp3) is 0.400. The van der Waals surface area contributed by atoms with Crippen LogP contribution in [-0.4, -0.2) is 33.7 Å². The Bertz CT molecular complexity index is 655. The van der Waals surface area contributed by atoms with Gasteiger partial charge < -0.3 is 15.4 Å². The summed E-state index contributed by atoms with van der Waals surface area (Å²) in [5.74, 6) is 0. The number of hydrogen-bond acceptors (Lipinski definition) is 4. The minimum atomic E-state index is -0.229. The zero-order chi connectivity index (χ0) is 15.4. The first-order chi connectivity index (χ1) is 10.7. The number of nitrogens with one attached hydrogen (secondary N) is 2. The first-order valence-corrected chi connectivity index (χ1v) is 7.26. The van der Waals surface area contributed by atoms with Crippen molar-refractivity contribution in [2.75, 3.05) is 6.54 Å². The molecule has 1 aliphatic rings. The number of benzene rings is 1. The van der Waals surface area contributed by atoms with Crippen LogP contribution < -0.4 is 10.6 Å². The summed E-state index contributed by atoms with van der Waals surface area (Å²) < 4.78 is 5.75. The SMILES string of the molecule is Cn1ncc(CNC(=O)NC[C@@H]2Cc3ccccc3CO2)n1. The molecule has 1 atom stereocenters. The molecule has 0 fully saturated rings. The Labute approximate surface area is 128 Å². The van der Waals surface area contributed by atoms with E-state index in [0.29, 0.717) is 19.7 Å². The van der Waals surface area contributed by atoms with Gasteiger partial charge in [0.2, 0.25) is 0 Å². The lowest BCUT2D eigenvalue weighted by Crippen LogP contribution is -2.41. The molecule has 7 nitrogen and oxygen atoms in total. The van der Waals surface area contributed by atoms with Crippen molar-refractivity contribution in [2.24, 2.45) is 7.05 Å². The summed E-state index contributed by atoms with van der Waals surface area (Å²) in [6.45, 7) is 1.44. The number of aryl methyl sites for hydroxylation is 1. The Morgan fingerprint density at radius 2 is 2.18 bits per heavy atom. The van der Waals surface area contributed by atoms with Crippen LogP contribution in [0.3, 0.4) is 0 Å². The smallest absolute Gasteiger partial charge is 0.315 e. The Balaban J connectivity index is 1.42. The minimum Gasteiger partial charge on any atom is -0.371 e. The summed E-state index contributed by atoms with van der Waals surface area (Å²) in [6, 6.07) is 8.00. The fourth-order valence-corrected chi connectivity index (χ4v) is 2.45. The van der Waals surface area contributed by atoms with Gasteiger partial charge in [0.05, 0.1) is 25.5 Å². The van der Waals surface area contributed by atoms with Gasteiger partial charge in [0.25, 0.3) is 0 Å². The molecule has 1 aromatic carbocycles. The van der Waals surface area contributed by atoms with Gasteiger partial charge in [-0.05, 0) is 11.1 Å². The summed E-state index contributed by atoms with van der Waals surface area (Å²) in [6.07, 6.45) is 2.46. The zero-order valence-corrected chi connectivity index (χ0v) is 12.5. The third-order valence-corrected chi connectivity index (χ3v) is 3.61. The maximum absolute atomic E-state index is 11.8. The quantitative estimate of drug-likeness (QED) is 0.873. The molecule has 1 aliphatic heterocycles. The second-order valence-corrected chi connectivity index (χ2v) is 5.29. The third kappa shape index (κ3) is 3.62. The summed E-state index contributed by atoms with van der Waals surface area (Å²) >= 11 is 0. The molecule has 1 aromatic heterocycles. The van der Waals surface area contributed by atoms with Crippen LogP contribution in [0.25, 0.3) is 0 Å². The highest BCUT2D eigenvalue weighted by Crippen LogP contribution is 2.19. The third-order valence-electron chi connectivity index (χ3n) is 3.61. The lowest BCUT2D eigenvalue weighted by molar-refractivity contribution is 0.0305. The van der Waals surface area contributed by atoms with Gasteiger partial charge >= 0.3 is 6.03 Å². The van der Waals surface area contributed by atoms with Crippen LogP contribution in [0.2, 0.25) is 0 Å². The van der Waals surface area contributed by atoms with Gasteiger partial charge in [0.1, 0.15) is 5.69 Å². The van der Waals surface area contributed by atoms with Crippen LogP contribution in [0.1, 0.15) is 16.8 Å². The average molecular weight is 301 g/mol. The molecule has 0 radical (unpaired) electrons. The number of urea groups is 1. The first-order valence-electron chi connectivity index (χ1n) is 7.26. The highest BCUT2D eigenvalue weighted by Gasteiger charge is 2.19. The molecule has 22 heavy (non-hydrogen) atoms. The average Bonchev–Trinajstić information content (AvgIpc) is 2.96. The molecule has 7 heteroatoms. The van der Waals surface area contributed by atoms with Crippen molar-refractivity contribution < 1.29 is 9.53 Å². The maximum atomic E-state index is 11.8. The lowest BCUT2D eigenvalue weighted by atomic mass is 9.99. The number of aromatic nitrogens is 3. The molecule has 3 rings (SSSR count). The predicted molar refractivity (Wildman–Crippen MR) is 80.0 cm³/mol. The standard InChI is InChI=1S/C15H19N5O2/c1-20-18-8-13(19-20)7-16-15(21)17-9-14-6-11-4-2-3-5-12(11)10-22-14/h2-5,8,14H,6-7,9-10H2,1H3,(H2,16,17,21)/t14-/m0/s1. The Kier molecular flexibility index (Phi) is 4.34. The largest absolute Gasteiger partial charge is 0.371 e. The van der Waals surface area contributed by atoms with Gasteiger partial charge in [0, 0.05) is 20.0 Å². The number of amides is 2. The van der Waals surface area contributed by atoms with Crippen molar-refractivity contribution in [2.45, 2.75) is 25.7 Å². The molecule has 0 saturated carbocycles. The van der Waals surface area contributed by atoms with E-state index >= 15 is 0 Å². The Hall–Kier alpha value is -2.41. The molecule has 2 heterocycles. The van der Waals surface area contributed by atoms with E-state index in [1.165, 1.54) is 15.9 Å². The topological polar surface area (TPSA) is 81.1 Å². The van der Waals surface area contributed by atoms with Crippen molar-refractivity contribution in [3.8, 4) is 0 Å². The number of ether oxygens (including phenoxy) is 1. The van der Waals surface area contributed by atoms with E-state index in [1.807, 2.05) is 12.1 Å². The number of carbonyl (C=O) groups is 1. The molecule has 0 bridgehead atoms. The molecule has 0 unspecified atom stereocenters. The monoisotopic (exact) mass is 301 g/mol. The highest BCUT2D eigenvalue weighted by atomic mass is 16.5. The molecule has 2 N–H and O–H groups in total. The minimum absolute atomic E-state index is 0.0113. The maximum Gasteiger partial charge on any atom is 0.315 e. The second kappa shape index (κ2) is 6.57. The van der Waals surface area contributed by atoms with E-state index in [-0.39, 0.29) is 12.1 Å². The number of nitrogens with zero attached hydrogens (tertiary/aromatic N) is 3. The Morgan fingerprint density at radius 3 is 2.95 bits per heavy atom. The zero-order valence-electron chi connectivity index (χ0n) is 12.5. The molecule has 0 saturated heterocycles. The highest BCUT2D eigenvalue weighted by molar-refractivity contribution is 5.73. The summed E-state index contributed by atoms with van der Waals surface area (Å²) in [7, 11) is 1.74. The molecule has 2 amide bonds. The van der Waals surface area contributed by atoms with Crippen molar-refractivity contribution in [3.05, 3.63) is 47.3 Å². The van der Waals surface area contributed by atoms with Crippen LogP contribution in [-0.2, 0) is 31.4 Å². The van der Waals surface area contributed by atoms with Gasteiger partial charge in [-0.25, -0.2) is 4.79 Å².